The number of nitrogens with zero attached hydrogens (tertiary/aromatic N) is 5. The zero-order valence-electron chi connectivity index (χ0n) is 15.6. The molecule has 1 fully saturated rings. The summed E-state index contributed by atoms with van der Waals surface area (Å²) in [6, 6.07) is 10.3. The van der Waals surface area contributed by atoms with Crippen LogP contribution >= 0.6 is 27.3 Å². The van der Waals surface area contributed by atoms with Crippen LogP contribution in [0.4, 0.5) is 11.8 Å². The zero-order chi connectivity index (χ0) is 19.6. The van der Waals surface area contributed by atoms with Crippen molar-refractivity contribution in [3.05, 3.63) is 57.5 Å². The summed E-state index contributed by atoms with van der Waals surface area (Å²) < 4.78 is 8.56. The minimum Gasteiger partial charge on any atom is -0.378 e. The smallest absolute Gasteiger partial charge is 0.229 e. The van der Waals surface area contributed by atoms with Crippen LogP contribution in [0.25, 0.3) is 16.9 Å². The molecular weight excluding hydrogens is 452 g/mol. The van der Waals surface area contributed by atoms with Crippen LogP contribution < -0.4 is 10.2 Å². The molecule has 1 N–H and O–H groups in total. The van der Waals surface area contributed by atoms with E-state index in [1.807, 2.05) is 23.0 Å². The van der Waals surface area contributed by atoms with Gasteiger partial charge in [0.1, 0.15) is 6.33 Å². The summed E-state index contributed by atoms with van der Waals surface area (Å²) >= 11 is 5.18. The maximum atomic E-state index is 5.49. The van der Waals surface area contributed by atoms with Gasteiger partial charge in [-0.2, -0.15) is 21.3 Å². The topological polar surface area (TPSA) is 68.1 Å². The van der Waals surface area contributed by atoms with Crippen molar-refractivity contribution in [2.24, 2.45) is 0 Å². The number of nitrogens with one attached hydrogen (secondary N) is 1. The van der Waals surface area contributed by atoms with E-state index in [9.17, 15) is 0 Å². The van der Waals surface area contributed by atoms with E-state index in [-0.39, 0.29) is 0 Å². The molecule has 0 spiro atoms. The first-order valence-corrected chi connectivity index (χ1v) is 11.1. The van der Waals surface area contributed by atoms with Gasteiger partial charge >= 0.3 is 0 Å². The molecule has 9 heteroatoms. The third-order valence-electron chi connectivity index (χ3n) is 4.81. The van der Waals surface area contributed by atoms with Gasteiger partial charge in [0.25, 0.3) is 0 Å². The molecule has 148 valence electrons. The molecule has 29 heavy (non-hydrogen) atoms. The first kappa shape index (κ1) is 18.5. The number of imidazole rings is 1. The number of hydrogen-bond acceptors (Lipinski definition) is 7. The number of rotatable bonds is 5. The van der Waals surface area contributed by atoms with Crippen molar-refractivity contribution >= 4 is 50.2 Å². The molecule has 1 aromatic carbocycles. The first-order valence-electron chi connectivity index (χ1n) is 9.36. The van der Waals surface area contributed by atoms with Crippen molar-refractivity contribution in [3.63, 3.8) is 0 Å². The highest BCUT2D eigenvalue weighted by Crippen LogP contribution is 2.26. The number of benzene rings is 1. The van der Waals surface area contributed by atoms with Crippen LogP contribution in [0.15, 0.2) is 51.9 Å². The number of halogens is 1. The molecule has 5 rings (SSSR count). The summed E-state index contributed by atoms with van der Waals surface area (Å²) in [5.74, 6) is 1.44. The Morgan fingerprint density at radius 1 is 1.17 bits per heavy atom. The Morgan fingerprint density at radius 3 is 2.86 bits per heavy atom. The van der Waals surface area contributed by atoms with E-state index in [0.29, 0.717) is 25.7 Å². The average molecular weight is 471 g/mol. The number of thiophene rings is 1. The molecule has 1 saturated heterocycles. The summed E-state index contributed by atoms with van der Waals surface area (Å²) in [6.07, 6.45) is 1.81. The predicted octanol–water partition coefficient (Wildman–Crippen LogP) is 4.09. The zero-order valence-corrected chi connectivity index (χ0v) is 18.0. The predicted molar refractivity (Wildman–Crippen MR) is 119 cm³/mol. The van der Waals surface area contributed by atoms with Crippen molar-refractivity contribution in [1.29, 1.82) is 0 Å². The molecule has 0 radical (unpaired) electrons. The fraction of sp³-hybridized carbons (Fsp3) is 0.250. The number of morpholine rings is 1. The molecule has 1 aliphatic rings. The lowest BCUT2D eigenvalue weighted by Crippen LogP contribution is -2.37. The maximum Gasteiger partial charge on any atom is 0.229 e. The van der Waals surface area contributed by atoms with Crippen LogP contribution in [0, 0.1) is 0 Å². The number of anilines is 2. The highest BCUT2D eigenvalue weighted by molar-refractivity contribution is 9.10. The van der Waals surface area contributed by atoms with E-state index >= 15 is 0 Å². The first-order chi connectivity index (χ1) is 14.3. The number of fused-ring (bicyclic) bond motifs is 1. The van der Waals surface area contributed by atoms with Gasteiger partial charge in [0.05, 0.1) is 18.9 Å². The lowest BCUT2D eigenvalue weighted by atomic mass is 10.2. The quantitative estimate of drug-likeness (QED) is 0.473. The molecule has 1 aliphatic heterocycles. The van der Waals surface area contributed by atoms with Crippen molar-refractivity contribution < 1.29 is 4.74 Å². The Bertz CT molecular complexity index is 1120. The summed E-state index contributed by atoms with van der Waals surface area (Å²) in [6.45, 7) is 3.59. The maximum absolute atomic E-state index is 5.49. The molecule has 4 heterocycles. The van der Waals surface area contributed by atoms with Crippen LogP contribution in [0.3, 0.4) is 0 Å². The van der Waals surface area contributed by atoms with E-state index in [1.165, 1.54) is 0 Å². The highest BCUT2D eigenvalue weighted by Gasteiger charge is 2.19. The molecule has 0 saturated carbocycles. The Kier molecular flexibility index (Phi) is 5.17. The third-order valence-corrected chi connectivity index (χ3v) is 5.98. The molecule has 0 atom stereocenters. The van der Waals surface area contributed by atoms with Crippen molar-refractivity contribution in [3.8, 4) is 5.69 Å². The summed E-state index contributed by atoms with van der Waals surface area (Å²) in [5, 5.41) is 7.61. The SMILES string of the molecule is Brc1cccc(CNc2nc(N3CCOCC3)nc3c2ncn3-c2ccsc2)c1. The Labute approximate surface area is 180 Å². The van der Waals surface area contributed by atoms with Gasteiger partial charge in [-0.15, -0.1) is 0 Å². The van der Waals surface area contributed by atoms with Gasteiger partial charge < -0.3 is 15.0 Å². The summed E-state index contributed by atoms with van der Waals surface area (Å²) in [7, 11) is 0. The lowest BCUT2D eigenvalue weighted by Gasteiger charge is -2.27. The van der Waals surface area contributed by atoms with Gasteiger partial charge in [0.15, 0.2) is 17.0 Å². The average Bonchev–Trinajstić information content (AvgIpc) is 3.42. The fourth-order valence-corrected chi connectivity index (χ4v) is 4.41. The van der Waals surface area contributed by atoms with Gasteiger partial charge in [0.2, 0.25) is 5.95 Å². The second-order valence-electron chi connectivity index (χ2n) is 6.72. The number of ether oxygens (including phenoxy) is 1. The molecule has 7 nitrogen and oxygen atoms in total. The second kappa shape index (κ2) is 8.10. The van der Waals surface area contributed by atoms with Gasteiger partial charge in [0, 0.05) is 29.5 Å². The minimum atomic E-state index is 0.652. The molecule has 3 aromatic heterocycles. The van der Waals surface area contributed by atoms with Crippen molar-refractivity contribution in [2.45, 2.75) is 6.54 Å². The normalized spacial score (nSPS) is 14.4. The molecule has 4 aromatic rings. The molecule has 0 aliphatic carbocycles. The van der Waals surface area contributed by atoms with Crippen molar-refractivity contribution in [2.75, 3.05) is 36.5 Å². The van der Waals surface area contributed by atoms with Gasteiger partial charge in [-0.3, -0.25) is 4.57 Å². The standard InChI is InChI=1S/C20H19BrN6OS/c21-15-3-1-2-14(10-15)11-22-18-17-19(27(13-23-17)16-4-9-29-12-16)25-20(24-18)26-5-7-28-8-6-26/h1-4,9-10,12-13H,5-8,11H2,(H,22,24,25). The highest BCUT2D eigenvalue weighted by atomic mass is 79.9. The Hall–Kier alpha value is -2.49. The molecular formula is C20H19BrN6OS. The van der Waals surface area contributed by atoms with Gasteiger partial charge in [-0.05, 0) is 29.1 Å². The van der Waals surface area contributed by atoms with Crippen LogP contribution in [0.1, 0.15) is 5.56 Å². The Balaban J connectivity index is 1.55. The summed E-state index contributed by atoms with van der Waals surface area (Å²) in [4.78, 5) is 16.5. The fourth-order valence-electron chi connectivity index (χ4n) is 3.33. The molecule has 0 amide bonds. The van der Waals surface area contributed by atoms with E-state index in [0.717, 1.165) is 45.8 Å². The van der Waals surface area contributed by atoms with E-state index in [4.69, 9.17) is 14.7 Å². The van der Waals surface area contributed by atoms with Crippen LogP contribution in [0.5, 0.6) is 0 Å². The lowest BCUT2D eigenvalue weighted by molar-refractivity contribution is 0.122. The van der Waals surface area contributed by atoms with Crippen molar-refractivity contribution in [1.82, 2.24) is 19.5 Å². The van der Waals surface area contributed by atoms with Crippen LogP contribution in [-0.2, 0) is 11.3 Å². The monoisotopic (exact) mass is 470 g/mol. The van der Waals surface area contributed by atoms with Gasteiger partial charge in [-0.25, -0.2) is 4.98 Å². The van der Waals surface area contributed by atoms with Crippen LogP contribution in [-0.4, -0.2) is 45.8 Å². The Morgan fingerprint density at radius 2 is 2.07 bits per heavy atom. The van der Waals surface area contributed by atoms with Gasteiger partial charge in [-0.1, -0.05) is 28.1 Å². The third kappa shape index (κ3) is 3.85. The number of hydrogen-bond donors (Lipinski definition) is 1. The molecule has 0 bridgehead atoms. The molecule has 0 unspecified atom stereocenters. The van der Waals surface area contributed by atoms with E-state index in [2.05, 4.69) is 60.1 Å². The van der Waals surface area contributed by atoms with E-state index in [1.54, 1.807) is 11.3 Å². The van der Waals surface area contributed by atoms with E-state index < -0.39 is 0 Å². The second-order valence-corrected chi connectivity index (χ2v) is 8.42. The summed E-state index contributed by atoms with van der Waals surface area (Å²) in [5.41, 5.74) is 3.79. The largest absolute Gasteiger partial charge is 0.378 e. The minimum absolute atomic E-state index is 0.652. The van der Waals surface area contributed by atoms with Crippen LogP contribution in [0.2, 0.25) is 0 Å². The number of aromatic nitrogens is 4.